The van der Waals surface area contributed by atoms with Crippen LogP contribution in [0, 0.1) is 0 Å². The zero-order valence-electron chi connectivity index (χ0n) is 17.0. The van der Waals surface area contributed by atoms with E-state index in [1.807, 2.05) is 20.8 Å². The van der Waals surface area contributed by atoms with Crippen molar-refractivity contribution in [2.75, 3.05) is 40.8 Å². The molecule has 1 aliphatic rings. The Kier molecular flexibility index (Phi) is 9.29. The van der Waals surface area contributed by atoms with E-state index in [2.05, 4.69) is 52.1 Å². The molecule has 1 aliphatic heterocycles. The topological polar surface area (TPSA) is 69.2 Å². The Balaban J connectivity index is 0.00000364. The van der Waals surface area contributed by atoms with Gasteiger partial charge in [-0.15, -0.1) is 35.3 Å². The van der Waals surface area contributed by atoms with Crippen molar-refractivity contribution in [3.05, 3.63) is 22.4 Å². The molecule has 9 heteroatoms. The highest BCUT2D eigenvalue weighted by atomic mass is 127. The number of nitrogens with zero attached hydrogens (tertiary/aromatic N) is 3. The summed E-state index contributed by atoms with van der Waals surface area (Å²) in [6, 6.07) is 4.70. The van der Waals surface area contributed by atoms with Crippen LogP contribution < -0.4 is 10.6 Å². The van der Waals surface area contributed by atoms with Gasteiger partial charge in [0.15, 0.2) is 5.96 Å². The first-order valence-corrected chi connectivity index (χ1v) is 9.72. The highest BCUT2D eigenvalue weighted by Gasteiger charge is 2.34. The number of thiophene rings is 1. The van der Waals surface area contributed by atoms with E-state index in [0.717, 1.165) is 12.5 Å². The largest absolute Gasteiger partial charge is 0.444 e. The molecular weight excluding hydrogens is 477 g/mol. The summed E-state index contributed by atoms with van der Waals surface area (Å²) in [5, 5.41) is 8.85. The molecule has 0 aliphatic carbocycles. The Labute approximate surface area is 183 Å². The van der Waals surface area contributed by atoms with Crippen LogP contribution in [0.15, 0.2) is 22.5 Å². The normalized spacial score (nSPS) is 16.4. The molecule has 2 N–H and O–H groups in total. The number of hydrogen-bond acceptors (Lipinski definition) is 5. The van der Waals surface area contributed by atoms with E-state index in [0.29, 0.717) is 13.1 Å². The Morgan fingerprint density at radius 2 is 2.11 bits per heavy atom. The highest BCUT2D eigenvalue weighted by molar-refractivity contribution is 14.0. The lowest BCUT2D eigenvalue weighted by Gasteiger charge is -2.40. The van der Waals surface area contributed by atoms with Gasteiger partial charge in [-0.05, 0) is 46.3 Å². The van der Waals surface area contributed by atoms with E-state index in [1.165, 1.54) is 4.88 Å². The van der Waals surface area contributed by atoms with Crippen molar-refractivity contribution < 1.29 is 9.53 Å². The number of halogens is 1. The van der Waals surface area contributed by atoms with Crippen LogP contribution in [0.2, 0.25) is 0 Å². The van der Waals surface area contributed by atoms with Crippen LogP contribution in [-0.2, 0) is 4.74 Å². The van der Waals surface area contributed by atoms with Gasteiger partial charge in [-0.25, -0.2) is 4.79 Å². The maximum Gasteiger partial charge on any atom is 0.410 e. The molecule has 0 aromatic carbocycles. The zero-order chi connectivity index (χ0) is 19.3. The number of rotatable bonds is 5. The Bertz CT molecular complexity index is 610. The maximum absolute atomic E-state index is 12.0. The third kappa shape index (κ3) is 7.46. The first kappa shape index (κ1) is 24.0. The van der Waals surface area contributed by atoms with Crippen LogP contribution in [0.5, 0.6) is 0 Å². The minimum atomic E-state index is -0.462. The minimum Gasteiger partial charge on any atom is -0.444 e. The first-order valence-electron chi connectivity index (χ1n) is 8.84. The summed E-state index contributed by atoms with van der Waals surface area (Å²) in [5.41, 5.74) is -0.462. The molecule has 1 fully saturated rings. The summed E-state index contributed by atoms with van der Waals surface area (Å²) in [7, 11) is 5.91. The molecule has 0 spiro atoms. The fourth-order valence-electron chi connectivity index (χ4n) is 2.65. The summed E-state index contributed by atoms with van der Waals surface area (Å²) < 4.78 is 5.38. The van der Waals surface area contributed by atoms with Gasteiger partial charge in [-0.2, -0.15) is 0 Å². The molecule has 27 heavy (non-hydrogen) atoms. The number of nitrogens with one attached hydrogen (secondary N) is 2. The van der Waals surface area contributed by atoms with Gasteiger partial charge in [-0.3, -0.25) is 4.99 Å². The molecule has 0 radical (unpaired) electrons. The van der Waals surface area contributed by atoms with Crippen LogP contribution in [0.25, 0.3) is 0 Å². The quantitative estimate of drug-likeness (QED) is 0.363. The molecule has 1 unspecified atom stereocenters. The summed E-state index contributed by atoms with van der Waals surface area (Å²) in [4.78, 5) is 21.5. The van der Waals surface area contributed by atoms with Crippen molar-refractivity contribution in [3.8, 4) is 0 Å². The molecule has 0 bridgehead atoms. The number of guanidine groups is 1. The number of hydrogen-bond donors (Lipinski definition) is 2. The van der Waals surface area contributed by atoms with Gasteiger partial charge in [0.2, 0.25) is 0 Å². The molecule has 1 atom stereocenters. The fraction of sp³-hybridized carbons (Fsp3) is 0.667. The van der Waals surface area contributed by atoms with E-state index in [1.54, 1.807) is 23.3 Å². The van der Waals surface area contributed by atoms with Crippen LogP contribution in [-0.4, -0.2) is 74.3 Å². The summed E-state index contributed by atoms with van der Waals surface area (Å²) >= 11 is 1.76. The van der Waals surface area contributed by atoms with Gasteiger partial charge in [-0.1, -0.05) is 6.07 Å². The maximum atomic E-state index is 12.0. The van der Waals surface area contributed by atoms with Crippen molar-refractivity contribution in [2.45, 2.75) is 38.5 Å². The molecule has 2 rings (SSSR count). The van der Waals surface area contributed by atoms with E-state index in [4.69, 9.17) is 4.74 Å². The summed E-state index contributed by atoms with van der Waals surface area (Å²) in [5.74, 6) is 0.752. The van der Waals surface area contributed by atoms with Gasteiger partial charge >= 0.3 is 6.09 Å². The summed E-state index contributed by atoms with van der Waals surface area (Å²) in [6.07, 6.45) is -0.260. The summed E-state index contributed by atoms with van der Waals surface area (Å²) in [6.45, 7) is 7.63. The van der Waals surface area contributed by atoms with Crippen LogP contribution in [0.3, 0.4) is 0 Å². The van der Waals surface area contributed by atoms with Gasteiger partial charge in [0, 0.05) is 31.6 Å². The van der Waals surface area contributed by atoms with Crippen LogP contribution in [0.4, 0.5) is 4.79 Å². The third-order valence-corrected chi connectivity index (χ3v) is 5.03. The van der Waals surface area contributed by atoms with Crippen molar-refractivity contribution in [1.29, 1.82) is 0 Å². The van der Waals surface area contributed by atoms with Crippen LogP contribution >= 0.6 is 35.3 Å². The van der Waals surface area contributed by atoms with Crippen molar-refractivity contribution >= 4 is 47.4 Å². The number of carbonyl (C=O) groups excluding carboxylic acids is 1. The molecule has 2 heterocycles. The van der Waals surface area contributed by atoms with Gasteiger partial charge in [0.25, 0.3) is 0 Å². The molecule has 1 amide bonds. The number of likely N-dealkylation sites (tertiary alicyclic amines) is 1. The Hall–Kier alpha value is -1.07. The van der Waals surface area contributed by atoms with Crippen molar-refractivity contribution in [2.24, 2.45) is 4.99 Å². The molecular formula is C18H32IN5O2S. The molecule has 7 nitrogen and oxygen atoms in total. The monoisotopic (exact) mass is 509 g/mol. The average Bonchev–Trinajstić information content (AvgIpc) is 3.00. The number of ether oxygens (including phenoxy) is 1. The number of carbonyl (C=O) groups is 1. The van der Waals surface area contributed by atoms with Gasteiger partial charge in [0.05, 0.1) is 12.1 Å². The molecule has 0 saturated carbocycles. The fourth-order valence-corrected chi connectivity index (χ4v) is 3.57. The molecule has 1 saturated heterocycles. The second kappa shape index (κ2) is 10.5. The number of aliphatic imine (C=N–C) groups is 1. The molecule has 1 aromatic heterocycles. The van der Waals surface area contributed by atoms with Gasteiger partial charge in [0.1, 0.15) is 5.60 Å². The van der Waals surface area contributed by atoms with E-state index in [-0.39, 0.29) is 42.2 Å². The Morgan fingerprint density at radius 1 is 1.44 bits per heavy atom. The average molecular weight is 509 g/mol. The zero-order valence-corrected chi connectivity index (χ0v) is 20.1. The van der Waals surface area contributed by atoms with E-state index >= 15 is 0 Å². The molecule has 154 valence electrons. The first-order chi connectivity index (χ1) is 12.2. The predicted octanol–water partition coefficient (Wildman–Crippen LogP) is 2.75. The van der Waals surface area contributed by atoms with Crippen molar-refractivity contribution in [1.82, 2.24) is 20.4 Å². The van der Waals surface area contributed by atoms with Crippen LogP contribution in [0.1, 0.15) is 31.7 Å². The highest BCUT2D eigenvalue weighted by Crippen LogP contribution is 2.22. The van der Waals surface area contributed by atoms with E-state index < -0.39 is 5.60 Å². The predicted molar refractivity (Wildman–Crippen MR) is 122 cm³/mol. The standard InChI is InChI=1S/C18H31N5O2S.HI/c1-18(2,3)25-17(24)23-11-13(12-23)21-16(19-4)20-10-14(22(5)6)15-8-7-9-26-15;/h7-9,13-14H,10-12H2,1-6H3,(H2,19,20,21);1H. The number of amides is 1. The van der Waals surface area contributed by atoms with E-state index in [9.17, 15) is 4.79 Å². The van der Waals surface area contributed by atoms with Gasteiger partial charge < -0.3 is 25.2 Å². The lowest BCUT2D eigenvalue weighted by atomic mass is 10.1. The molecule has 1 aromatic rings. The lowest BCUT2D eigenvalue weighted by Crippen LogP contribution is -2.63. The second-order valence-corrected chi connectivity index (χ2v) is 8.65. The third-order valence-electron chi connectivity index (χ3n) is 4.06. The Morgan fingerprint density at radius 3 is 2.59 bits per heavy atom. The lowest BCUT2D eigenvalue weighted by molar-refractivity contribution is 0.00700. The van der Waals surface area contributed by atoms with Crippen molar-refractivity contribution in [3.63, 3.8) is 0 Å². The smallest absolute Gasteiger partial charge is 0.410 e. The SMILES string of the molecule is CN=C(NCC(c1cccs1)N(C)C)NC1CN(C(=O)OC(C)(C)C)C1.I. The second-order valence-electron chi connectivity index (χ2n) is 7.67. The number of likely N-dealkylation sites (N-methyl/N-ethyl adjacent to an activating group) is 1. The minimum absolute atomic E-state index is 0.